The van der Waals surface area contributed by atoms with Crippen molar-refractivity contribution in [3.8, 4) is 5.75 Å². The fourth-order valence-electron chi connectivity index (χ4n) is 2.28. The first-order valence-electron chi connectivity index (χ1n) is 6.78. The van der Waals surface area contributed by atoms with Crippen LogP contribution in [0.1, 0.15) is 10.4 Å². The van der Waals surface area contributed by atoms with Gasteiger partial charge in [0.25, 0.3) is 5.91 Å². The van der Waals surface area contributed by atoms with E-state index < -0.39 is 11.7 Å². The van der Waals surface area contributed by atoms with Crippen molar-refractivity contribution in [2.45, 2.75) is 0 Å². The molecule has 2 aromatic carbocycles. The first kappa shape index (κ1) is 15.2. The molecule has 3 rings (SSSR count). The summed E-state index contributed by atoms with van der Waals surface area (Å²) >= 11 is 5.93. The second-order valence-electron chi connectivity index (χ2n) is 4.80. The maximum absolute atomic E-state index is 13.9. The molecule has 0 spiro atoms. The quantitative estimate of drug-likeness (QED) is 0.779. The summed E-state index contributed by atoms with van der Waals surface area (Å²) in [5.41, 5.74) is 0.791. The van der Waals surface area contributed by atoms with Gasteiger partial charge in [-0.05, 0) is 24.3 Å². The normalized spacial score (nSPS) is 10.6. The number of pyridine rings is 1. The zero-order valence-corrected chi connectivity index (χ0v) is 12.9. The van der Waals surface area contributed by atoms with Gasteiger partial charge in [-0.25, -0.2) is 4.39 Å². The van der Waals surface area contributed by atoms with E-state index in [0.29, 0.717) is 17.0 Å². The predicted octanol–water partition coefficient (Wildman–Crippen LogP) is 4.29. The fourth-order valence-corrected chi connectivity index (χ4v) is 2.53. The Morgan fingerprint density at radius 1 is 1.26 bits per heavy atom. The number of nitrogens with one attached hydrogen (secondary N) is 1. The number of benzene rings is 2. The number of carbonyl (C=O) groups excluding carboxylic acids is 1. The number of fused-ring (bicyclic) bond motifs is 1. The van der Waals surface area contributed by atoms with Gasteiger partial charge in [-0.1, -0.05) is 23.7 Å². The molecule has 0 saturated heterocycles. The average molecular weight is 331 g/mol. The van der Waals surface area contributed by atoms with E-state index in [0.717, 1.165) is 5.39 Å². The van der Waals surface area contributed by atoms with Crippen molar-refractivity contribution in [1.29, 1.82) is 0 Å². The minimum Gasteiger partial charge on any atom is -0.497 e. The number of rotatable bonds is 3. The summed E-state index contributed by atoms with van der Waals surface area (Å²) in [4.78, 5) is 16.6. The maximum Gasteiger partial charge on any atom is 0.260 e. The van der Waals surface area contributed by atoms with Crippen molar-refractivity contribution in [3.63, 3.8) is 0 Å². The van der Waals surface area contributed by atoms with Crippen molar-refractivity contribution in [2.24, 2.45) is 0 Å². The molecule has 0 radical (unpaired) electrons. The maximum atomic E-state index is 13.9. The molecule has 6 heteroatoms. The molecule has 0 bridgehead atoms. The lowest BCUT2D eigenvalue weighted by molar-refractivity contribution is 0.102. The molecule has 0 saturated carbocycles. The van der Waals surface area contributed by atoms with E-state index in [9.17, 15) is 9.18 Å². The molecule has 0 aliphatic heterocycles. The van der Waals surface area contributed by atoms with Gasteiger partial charge in [-0.2, -0.15) is 0 Å². The van der Waals surface area contributed by atoms with Gasteiger partial charge in [0.05, 0.1) is 28.9 Å². The Bertz CT molecular complexity index is 879. The Balaban J connectivity index is 2.06. The number of methoxy groups -OCH3 is 1. The lowest BCUT2D eigenvalue weighted by atomic mass is 10.1. The summed E-state index contributed by atoms with van der Waals surface area (Å²) in [6.07, 6.45) is 1.61. The molecule has 1 aromatic heterocycles. The lowest BCUT2D eigenvalue weighted by Crippen LogP contribution is -2.15. The minimum atomic E-state index is -0.685. The van der Waals surface area contributed by atoms with Gasteiger partial charge in [0, 0.05) is 17.6 Å². The zero-order chi connectivity index (χ0) is 16.4. The molecule has 1 N–H and O–H groups in total. The highest BCUT2D eigenvalue weighted by Gasteiger charge is 2.17. The van der Waals surface area contributed by atoms with E-state index >= 15 is 0 Å². The topological polar surface area (TPSA) is 51.2 Å². The Kier molecular flexibility index (Phi) is 4.12. The molecule has 0 aliphatic carbocycles. The van der Waals surface area contributed by atoms with E-state index in [2.05, 4.69) is 10.3 Å². The summed E-state index contributed by atoms with van der Waals surface area (Å²) in [6.45, 7) is 0. The van der Waals surface area contributed by atoms with Gasteiger partial charge in [0.1, 0.15) is 11.6 Å². The number of halogens is 2. The zero-order valence-electron chi connectivity index (χ0n) is 12.1. The number of anilines is 1. The average Bonchev–Trinajstić information content (AvgIpc) is 2.54. The standard InChI is InChI=1S/C17H12ClFN2O2/c1-23-11-8-10-4-3-7-20-16(10)14(9-11)21-17(22)15-12(18)5-2-6-13(15)19/h2-9H,1H3,(H,21,22). The summed E-state index contributed by atoms with van der Waals surface area (Å²) in [7, 11) is 1.52. The Morgan fingerprint density at radius 2 is 2.09 bits per heavy atom. The number of hydrogen-bond acceptors (Lipinski definition) is 3. The van der Waals surface area contributed by atoms with Gasteiger partial charge in [0.15, 0.2) is 0 Å². The number of ether oxygens (including phenoxy) is 1. The smallest absolute Gasteiger partial charge is 0.260 e. The van der Waals surface area contributed by atoms with Crippen LogP contribution in [-0.4, -0.2) is 18.0 Å². The second kappa shape index (κ2) is 6.22. The van der Waals surface area contributed by atoms with Crippen LogP contribution in [0.15, 0.2) is 48.7 Å². The fraction of sp³-hybridized carbons (Fsp3) is 0.0588. The first-order valence-corrected chi connectivity index (χ1v) is 7.16. The van der Waals surface area contributed by atoms with Crippen molar-refractivity contribution < 1.29 is 13.9 Å². The highest BCUT2D eigenvalue weighted by Crippen LogP contribution is 2.29. The molecular weight excluding hydrogens is 319 g/mol. The summed E-state index contributed by atoms with van der Waals surface area (Å²) in [5, 5.41) is 3.49. The van der Waals surface area contributed by atoms with Crippen molar-refractivity contribution in [1.82, 2.24) is 4.98 Å². The minimum absolute atomic E-state index is 0.0441. The van der Waals surface area contributed by atoms with Crippen LogP contribution in [0.2, 0.25) is 5.02 Å². The van der Waals surface area contributed by atoms with Crippen LogP contribution >= 0.6 is 11.6 Å². The molecule has 0 fully saturated rings. The van der Waals surface area contributed by atoms with Gasteiger partial charge in [-0.3, -0.25) is 9.78 Å². The van der Waals surface area contributed by atoms with Gasteiger partial charge in [-0.15, -0.1) is 0 Å². The van der Waals surface area contributed by atoms with Gasteiger partial charge in [0.2, 0.25) is 0 Å². The molecule has 23 heavy (non-hydrogen) atoms. The highest BCUT2D eigenvalue weighted by molar-refractivity contribution is 6.34. The molecule has 4 nitrogen and oxygen atoms in total. The van der Waals surface area contributed by atoms with Crippen LogP contribution in [0.3, 0.4) is 0 Å². The van der Waals surface area contributed by atoms with E-state index in [1.54, 1.807) is 24.4 Å². The molecular formula is C17H12ClFN2O2. The number of amides is 1. The Labute approximate surface area is 136 Å². The second-order valence-corrected chi connectivity index (χ2v) is 5.21. The molecule has 0 aliphatic rings. The van der Waals surface area contributed by atoms with Crippen LogP contribution in [0.25, 0.3) is 10.9 Å². The van der Waals surface area contributed by atoms with E-state index in [-0.39, 0.29) is 10.6 Å². The monoisotopic (exact) mass is 330 g/mol. The largest absolute Gasteiger partial charge is 0.497 e. The molecule has 1 heterocycles. The lowest BCUT2D eigenvalue weighted by Gasteiger charge is -2.11. The third-order valence-electron chi connectivity index (χ3n) is 3.35. The molecule has 1 amide bonds. The predicted molar refractivity (Wildman–Crippen MR) is 87.7 cm³/mol. The molecule has 3 aromatic rings. The Hall–Kier alpha value is -2.66. The summed E-state index contributed by atoms with van der Waals surface area (Å²) in [6, 6.07) is 11.1. The van der Waals surface area contributed by atoms with Gasteiger partial charge < -0.3 is 10.1 Å². The van der Waals surface area contributed by atoms with Crippen LogP contribution in [0, 0.1) is 5.82 Å². The van der Waals surface area contributed by atoms with Crippen LogP contribution < -0.4 is 10.1 Å². The SMILES string of the molecule is COc1cc(NC(=O)c2c(F)cccc2Cl)c2ncccc2c1. The summed E-state index contributed by atoms with van der Waals surface area (Å²) < 4.78 is 19.1. The highest BCUT2D eigenvalue weighted by atomic mass is 35.5. The molecule has 0 unspecified atom stereocenters. The molecule has 116 valence electrons. The van der Waals surface area contributed by atoms with Crippen molar-refractivity contribution in [2.75, 3.05) is 12.4 Å². The number of carbonyl (C=O) groups is 1. The van der Waals surface area contributed by atoms with Crippen molar-refractivity contribution in [3.05, 3.63) is 65.1 Å². The van der Waals surface area contributed by atoms with Crippen LogP contribution in [0.5, 0.6) is 5.75 Å². The van der Waals surface area contributed by atoms with Gasteiger partial charge >= 0.3 is 0 Å². The third-order valence-corrected chi connectivity index (χ3v) is 3.67. The number of aromatic nitrogens is 1. The van der Waals surface area contributed by atoms with Crippen LogP contribution in [-0.2, 0) is 0 Å². The van der Waals surface area contributed by atoms with Crippen LogP contribution in [0.4, 0.5) is 10.1 Å². The molecule has 0 atom stereocenters. The van der Waals surface area contributed by atoms with E-state index in [4.69, 9.17) is 16.3 Å². The first-order chi connectivity index (χ1) is 11.1. The van der Waals surface area contributed by atoms with E-state index in [1.165, 1.54) is 25.3 Å². The third kappa shape index (κ3) is 2.96. The summed E-state index contributed by atoms with van der Waals surface area (Å²) in [5.74, 6) is -0.774. The Morgan fingerprint density at radius 3 is 2.83 bits per heavy atom. The van der Waals surface area contributed by atoms with Crippen molar-refractivity contribution >= 4 is 34.1 Å². The van der Waals surface area contributed by atoms with E-state index in [1.807, 2.05) is 6.07 Å². The number of hydrogen-bond donors (Lipinski definition) is 1. The number of nitrogens with zero attached hydrogens (tertiary/aromatic N) is 1.